The molecule has 0 aliphatic rings. The van der Waals surface area contributed by atoms with E-state index >= 15 is 0 Å². The van der Waals surface area contributed by atoms with Crippen LogP contribution in [-0.4, -0.2) is 0 Å². The summed E-state index contributed by atoms with van der Waals surface area (Å²) in [6, 6.07) is 86.8. The molecule has 12 aromatic carbocycles. The van der Waals surface area contributed by atoms with Gasteiger partial charge in [-0.3, -0.25) is 0 Å². The summed E-state index contributed by atoms with van der Waals surface area (Å²) in [5.74, 6) is 0. The number of fused-ring (bicyclic) bond motifs is 9. The van der Waals surface area contributed by atoms with Gasteiger partial charge in [-0.2, -0.15) is 0 Å². The normalized spacial score (nSPS) is 11.6. The monoisotopic (exact) mass is 773 g/mol. The van der Waals surface area contributed by atoms with Crippen molar-refractivity contribution in [1.29, 1.82) is 0 Å². The third-order valence-corrected chi connectivity index (χ3v) is 12.6. The van der Waals surface area contributed by atoms with Gasteiger partial charge in [-0.1, -0.05) is 188 Å². The van der Waals surface area contributed by atoms with E-state index in [9.17, 15) is 0 Å². The summed E-state index contributed by atoms with van der Waals surface area (Å²) in [7, 11) is 0. The quantitative estimate of drug-likeness (QED) is 0.152. The van der Waals surface area contributed by atoms with Gasteiger partial charge in [0.15, 0.2) is 0 Å². The third-order valence-electron chi connectivity index (χ3n) is 12.6. The molecule has 0 unspecified atom stereocenters. The number of rotatable bonds is 6. The minimum absolute atomic E-state index is 1.10. The average Bonchev–Trinajstić information content (AvgIpc) is 3.34. The number of anilines is 3. The second-order valence-electron chi connectivity index (χ2n) is 16.1. The Morgan fingerprint density at radius 1 is 0.197 bits per heavy atom. The van der Waals surface area contributed by atoms with Gasteiger partial charge in [-0.25, -0.2) is 0 Å². The highest BCUT2D eigenvalue weighted by molar-refractivity contribution is 6.14. The summed E-state index contributed by atoms with van der Waals surface area (Å²) in [5, 5.41) is 15.3. The summed E-state index contributed by atoms with van der Waals surface area (Å²) in [6.07, 6.45) is 0. The number of benzene rings is 12. The molecule has 1 heteroatoms. The van der Waals surface area contributed by atoms with Crippen LogP contribution in [0.5, 0.6) is 0 Å². The highest BCUT2D eigenvalue weighted by Gasteiger charge is 2.16. The molecule has 0 saturated carbocycles. The molecule has 12 rings (SSSR count). The predicted octanol–water partition coefficient (Wildman–Crippen LogP) is 17.1. The van der Waals surface area contributed by atoms with E-state index in [1.807, 2.05) is 0 Å². The second-order valence-corrected chi connectivity index (χ2v) is 16.1. The maximum atomic E-state index is 2.37. The lowest BCUT2D eigenvalue weighted by Gasteiger charge is -2.26. The van der Waals surface area contributed by atoms with Crippen molar-refractivity contribution >= 4 is 81.7 Å². The average molecular weight is 774 g/mol. The summed E-state index contributed by atoms with van der Waals surface area (Å²) < 4.78 is 0. The van der Waals surface area contributed by atoms with Gasteiger partial charge in [0.05, 0.1) is 0 Å². The molecule has 0 fully saturated rings. The lowest BCUT2D eigenvalue weighted by Crippen LogP contribution is -2.09. The van der Waals surface area contributed by atoms with E-state index in [4.69, 9.17) is 0 Å². The van der Waals surface area contributed by atoms with Crippen LogP contribution < -0.4 is 4.90 Å². The molecule has 0 bridgehead atoms. The molecule has 0 aliphatic carbocycles. The molecular weight excluding hydrogens is 735 g/mol. The molecule has 1 nitrogen and oxygen atoms in total. The Kier molecular flexibility index (Phi) is 8.25. The van der Waals surface area contributed by atoms with Gasteiger partial charge in [-0.15, -0.1) is 0 Å². The Morgan fingerprint density at radius 3 is 1.21 bits per heavy atom. The van der Waals surface area contributed by atoms with E-state index in [1.165, 1.54) is 98.0 Å². The van der Waals surface area contributed by atoms with E-state index in [-0.39, 0.29) is 0 Å². The van der Waals surface area contributed by atoms with Crippen LogP contribution >= 0.6 is 0 Å². The highest BCUT2D eigenvalue weighted by atomic mass is 15.1. The molecular formula is C60H39N. The first-order chi connectivity index (χ1) is 30.2. The Bertz CT molecular complexity index is 3620. The second kappa shape index (κ2) is 14.4. The zero-order valence-corrected chi connectivity index (χ0v) is 33.5. The Balaban J connectivity index is 0.948. The van der Waals surface area contributed by atoms with Gasteiger partial charge in [0.25, 0.3) is 0 Å². The van der Waals surface area contributed by atoms with Crippen LogP contribution in [0.3, 0.4) is 0 Å². The summed E-state index contributed by atoms with van der Waals surface area (Å²) >= 11 is 0. The van der Waals surface area contributed by atoms with Gasteiger partial charge in [0, 0.05) is 17.1 Å². The SMILES string of the molecule is c1ccc2c(c1)ccc1cc(-c3ccc(N(c4ccc(-c5cccc6c5ccc5ccccc56)cc4)c4ccc(-c5cc6ccccc6c6ccccc56)cc4)cc3)ccc12. The van der Waals surface area contributed by atoms with Crippen molar-refractivity contribution in [3.8, 4) is 33.4 Å². The summed E-state index contributed by atoms with van der Waals surface area (Å²) in [4.78, 5) is 2.37. The molecule has 0 aromatic heterocycles. The fourth-order valence-electron chi connectivity index (χ4n) is 9.61. The summed E-state index contributed by atoms with van der Waals surface area (Å²) in [5.41, 5.74) is 10.6. The molecule has 0 saturated heterocycles. The molecule has 0 aliphatic heterocycles. The van der Waals surface area contributed by atoms with Crippen LogP contribution in [-0.2, 0) is 0 Å². The topological polar surface area (TPSA) is 3.24 Å². The molecule has 12 aromatic rings. The fraction of sp³-hybridized carbons (Fsp3) is 0. The maximum Gasteiger partial charge on any atom is 0.0462 e. The summed E-state index contributed by atoms with van der Waals surface area (Å²) in [6.45, 7) is 0. The van der Waals surface area contributed by atoms with Crippen molar-refractivity contribution in [2.75, 3.05) is 4.90 Å². The van der Waals surface area contributed by atoms with Crippen molar-refractivity contribution in [3.05, 3.63) is 237 Å². The van der Waals surface area contributed by atoms with Crippen molar-refractivity contribution in [2.24, 2.45) is 0 Å². The molecule has 0 heterocycles. The predicted molar refractivity (Wildman–Crippen MR) is 262 cm³/mol. The van der Waals surface area contributed by atoms with Crippen LogP contribution in [0.4, 0.5) is 17.1 Å². The van der Waals surface area contributed by atoms with E-state index < -0.39 is 0 Å². The number of nitrogens with zero attached hydrogens (tertiary/aromatic N) is 1. The van der Waals surface area contributed by atoms with Crippen molar-refractivity contribution in [3.63, 3.8) is 0 Å². The van der Waals surface area contributed by atoms with Crippen molar-refractivity contribution < 1.29 is 0 Å². The largest absolute Gasteiger partial charge is 0.311 e. The molecule has 0 atom stereocenters. The van der Waals surface area contributed by atoms with Crippen LogP contribution in [0, 0.1) is 0 Å². The molecule has 0 amide bonds. The van der Waals surface area contributed by atoms with E-state index in [2.05, 4.69) is 241 Å². The van der Waals surface area contributed by atoms with Crippen LogP contribution in [0.15, 0.2) is 237 Å². The molecule has 0 spiro atoms. The van der Waals surface area contributed by atoms with E-state index in [1.54, 1.807) is 0 Å². The van der Waals surface area contributed by atoms with E-state index in [0.717, 1.165) is 17.1 Å². The van der Waals surface area contributed by atoms with Gasteiger partial charge < -0.3 is 4.90 Å². The minimum Gasteiger partial charge on any atom is -0.311 e. The van der Waals surface area contributed by atoms with Crippen LogP contribution in [0.25, 0.3) is 98.0 Å². The smallest absolute Gasteiger partial charge is 0.0462 e. The zero-order chi connectivity index (χ0) is 40.3. The molecule has 0 N–H and O–H groups in total. The van der Waals surface area contributed by atoms with Crippen LogP contribution in [0.2, 0.25) is 0 Å². The lowest BCUT2D eigenvalue weighted by molar-refractivity contribution is 1.28. The Labute approximate surface area is 355 Å². The van der Waals surface area contributed by atoms with Gasteiger partial charge >= 0.3 is 0 Å². The molecule has 284 valence electrons. The number of hydrogen-bond donors (Lipinski definition) is 0. The third kappa shape index (κ3) is 6.02. The minimum atomic E-state index is 1.10. The number of hydrogen-bond acceptors (Lipinski definition) is 1. The molecule has 0 radical (unpaired) electrons. The lowest BCUT2D eigenvalue weighted by atomic mass is 9.93. The maximum absolute atomic E-state index is 2.37. The van der Waals surface area contributed by atoms with E-state index in [0.29, 0.717) is 0 Å². The van der Waals surface area contributed by atoms with Crippen molar-refractivity contribution in [1.82, 2.24) is 0 Å². The first-order valence-corrected chi connectivity index (χ1v) is 21.1. The van der Waals surface area contributed by atoms with Crippen LogP contribution in [0.1, 0.15) is 0 Å². The Hall–Kier alpha value is -8.00. The van der Waals surface area contributed by atoms with Gasteiger partial charge in [-0.05, 0) is 147 Å². The standard InChI is InChI=1S/C60H39N/c1-4-13-51-41(10-1)20-21-47-38-45(29-36-55(47)51)40-22-30-48(31-23-40)61(49-32-24-43(25-33-49)53-18-9-19-57-52-14-5-2-11-42(52)28-37-59(53)57)50-34-26-44(27-35-50)60-39-46-12-3-6-15-54(46)56-16-7-8-17-58(56)60/h1-39H. The first kappa shape index (κ1) is 35.0. The molecule has 61 heavy (non-hydrogen) atoms. The highest BCUT2D eigenvalue weighted by Crippen LogP contribution is 2.41. The van der Waals surface area contributed by atoms with Gasteiger partial charge in [0.2, 0.25) is 0 Å². The zero-order valence-electron chi connectivity index (χ0n) is 33.5. The van der Waals surface area contributed by atoms with Gasteiger partial charge in [0.1, 0.15) is 0 Å². The first-order valence-electron chi connectivity index (χ1n) is 21.1. The van der Waals surface area contributed by atoms with Crippen molar-refractivity contribution in [2.45, 2.75) is 0 Å². The fourth-order valence-corrected chi connectivity index (χ4v) is 9.61. The Morgan fingerprint density at radius 2 is 0.574 bits per heavy atom.